The smallest absolute Gasteiger partial charge is 0.230 e. The molecule has 0 bridgehead atoms. The highest BCUT2D eigenvalue weighted by atomic mass is 35.5. The first-order valence-electron chi connectivity index (χ1n) is 8.06. The van der Waals surface area contributed by atoms with Crippen molar-refractivity contribution in [1.29, 1.82) is 0 Å². The van der Waals surface area contributed by atoms with E-state index in [9.17, 15) is 4.79 Å². The molecule has 1 fully saturated rings. The molecular weight excluding hydrogens is 369 g/mol. The maximum atomic E-state index is 12.8. The molecule has 2 rings (SSSR count). The number of carbonyl (C=O) groups excluding carboxylic acids is 1. The molecule has 0 saturated carbocycles. The van der Waals surface area contributed by atoms with Gasteiger partial charge in [0.1, 0.15) is 0 Å². The van der Waals surface area contributed by atoms with Gasteiger partial charge in [-0.2, -0.15) is 0 Å². The van der Waals surface area contributed by atoms with Crippen molar-refractivity contribution < 1.29 is 4.79 Å². The summed E-state index contributed by atoms with van der Waals surface area (Å²) in [5.41, 5.74) is 6.67. The van der Waals surface area contributed by atoms with Gasteiger partial charge in [-0.1, -0.05) is 25.4 Å². The van der Waals surface area contributed by atoms with E-state index in [-0.39, 0.29) is 36.1 Å². The van der Waals surface area contributed by atoms with Crippen LogP contribution in [0.3, 0.4) is 0 Å². The molecule has 24 heavy (non-hydrogen) atoms. The molecule has 7 heteroatoms. The van der Waals surface area contributed by atoms with E-state index in [1.165, 1.54) is 0 Å². The highest BCUT2D eigenvalue weighted by Crippen LogP contribution is 2.29. The summed E-state index contributed by atoms with van der Waals surface area (Å²) in [5, 5.41) is 0.746. The van der Waals surface area contributed by atoms with Gasteiger partial charge < -0.3 is 15.5 Å². The molecule has 1 saturated heterocycles. The fraction of sp³-hybridized carbons (Fsp3) is 0.588. The normalized spacial score (nSPS) is 14.7. The van der Waals surface area contributed by atoms with Crippen LogP contribution in [-0.2, 0) is 4.79 Å². The van der Waals surface area contributed by atoms with E-state index in [0.29, 0.717) is 6.54 Å². The van der Waals surface area contributed by atoms with E-state index in [2.05, 4.69) is 18.7 Å². The van der Waals surface area contributed by atoms with Gasteiger partial charge in [0, 0.05) is 43.4 Å². The first kappa shape index (κ1) is 23.3. The third-order valence-electron chi connectivity index (χ3n) is 4.96. The number of carbonyl (C=O) groups is 1. The van der Waals surface area contributed by atoms with Crippen LogP contribution in [0, 0.1) is 5.41 Å². The van der Waals surface area contributed by atoms with Crippen LogP contribution in [0.25, 0.3) is 0 Å². The fourth-order valence-corrected chi connectivity index (χ4v) is 3.21. The lowest BCUT2D eigenvalue weighted by Crippen LogP contribution is -2.54. The lowest BCUT2D eigenvalue weighted by Gasteiger charge is -2.41. The molecule has 1 heterocycles. The number of anilines is 1. The minimum Gasteiger partial charge on any atom is -0.368 e. The van der Waals surface area contributed by atoms with Crippen LogP contribution in [0.4, 0.5) is 5.69 Å². The van der Waals surface area contributed by atoms with Crippen molar-refractivity contribution >= 4 is 48.0 Å². The molecule has 1 aromatic carbocycles. The quantitative estimate of drug-likeness (QED) is 0.827. The maximum Gasteiger partial charge on any atom is 0.230 e. The van der Waals surface area contributed by atoms with E-state index in [1.54, 1.807) is 0 Å². The Morgan fingerprint density at radius 1 is 1.08 bits per heavy atom. The minimum atomic E-state index is -0.386. The Balaban J connectivity index is 0.00000264. The summed E-state index contributed by atoms with van der Waals surface area (Å²) < 4.78 is 0. The van der Waals surface area contributed by atoms with Crippen molar-refractivity contribution in [2.24, 2.45) is 11.1 Å². The Kier molecular flexibility index (Phi) is 10.0. The van der Waals surface area contributed by atoms with Gasteiger partial charge in [-0.3, -0.25) is 4.79 Å². The Morgan fingerprint density at radius 3 is 2.00 bits per heavy atom. The Hall–Kier alpha value is -0.680. The molecule has 1 amide bonds. The second-order valence-electron chi connectivity index (χ2n) is 5.95. The van der Waals surface area contributed by atoms with E-state index >= 15 is 0 Å². The Morgan fingerprint density at radius 2 is 1.58 bits per heavy atom. The molecule has 1 aliphatic rings. The van der Waals surface area contributed by atoms with E-state index in [1.807, 2.05) is 29.2 Å². The summed E-state index contributed by atoms with van der Waals surface area (Å²) in [5.74, 6) is 0.218. The van der Waals surface area contributed by atoms with Gasteiger partial charge in [-0.25, -0.2) is 0 Å². The minimum absolute atomic E-state index is 0. The first-order chi connectivity index (χ1) is 10.6. The first-order valence-corrected chi connectivity index (χ1v) is 8.44. The zero-order valence-electron chi connectivity index (χ0n) is 14.3. The maximum absolute atomic E-state index is 12.8. The molecule has 0 aromatic heterocycles. The summed E-state index contributed by atoms with van der Waals surface area (Å²) in [6, 6.07) is 7.87. The number of benzene rings is 1. The predicted molar refractivity (Wildman–Crippen MR) is 107 cm³/mol. The van der Waals surface area contributed by atoms with Crippen molar-refractivity contribution in [2.45, 2.75) is 26.7 Å². The van der Waals surface area contributed by atoms with Crippen molar-refractivity contribution in [1.82, 2.24) is 4.90 Å². The number of nitrogens with two attached hydrogens (primary N) is 1. The Bertz CT molecular complexity index is 490. The topological polar surface area (TPSA) is 49.6 Å². The molecule has 2 N–H and O–H groups in total. The number of nitrogens with zero attached hydrogens (tertiary/aromatic N) is 2. The summed E-state index contributed by atoms with van der Waals surface area (Å²) in [6.07, 6.45) is 1.60. The van der Waals surface area contributed by atoms with Gasteiger partial charge >= 0.3 is 0 Å². The Labute approximate surface area is 162 Å². The van der Waals surface area contributed by atoms with Crippen molar-refractivity contribution in [3.8, 4) is 0 Å². The van der Waals surface area contributed by atoms with Gasteiger partial charge in [-0.15, -0.1) is 24.8 Å². The zero-order valence-corrected chi connectivity index (χ0v) is 16.7. The van der Waals surface area contributed by atoms with E-state index < -0.39 is 0 Å². The van der Waals surface area contributed by atoms with Crippen molar-refractivity contribution in [3.05, 3.63) is 29.3 Å². The lowest BCUT2D eigenvalue weighted by atomic mass is 9.81. The molecular formula is C17H28Cl3N3O. The fourth-order valence-electron chi connectivity index (χ4n) is 3.08. The van der Waals surface area contributed by atoms with Crippen LogP contribution in [-0.4, -0.2) is 43.5 Å². The average Bonchev–Trinajstić information content (AvgIpc) is 2.58. The highest BCUT2D eigenvalue weighted by Gasteiger charge is 2.37. The van der Waals surface area contributed by atoms with Gasteiger partial charge in [0.25, 0.3) is 0 Å². The summed E-state index contributed by atoms with van der Waals surface area (Å²) in [4.78, 5) is 17.1. The summed E-state index contributed by atoms with van der Waals surface area (Å²) >= 11 is 5.93. The monoisotopic (exact) mass is 395 g/mol. The molecule has 4 nitrogen and oxygen atoms in total. The van der Waals surface area contributed by atoms with Crippen LogP contribution in [0.2, 0.25) is 5.02 Å². The molecule has 1 aromatic rings. The van der Waals surface area contributed by atoms with Crippen LogP contribution in [0.15, 0.2) is 24.3 Å². The van der Waals surface area contributed by atoms with E-state index in [4.69, 9.17) is 17.3 Å². The lowest BCUT2D eigenvalue weighted by molar-refractivity contribution is -0.142. The van der Waals surface area contributed by atoms with Gasteiger partial charge in [0.15, 0.2) is 0 Å². The van der Waals surface area contributed by atoms with Crippen molar-refractivity contribution in [3.63, 3.8) is 0 Å². The zero-order chi connectivity index (χ0) is 16.2. The number of piperazine rings is 1. The number of rotatable bonds is 5. The van der Waals surface area contributed by atoms with Crippen LogP contribution in [0.1, 0.15) is 26.7 Å². The van der Waals surface area contributed by atoms with Crippen LogP contribution < -0.4 is 10.6 Å². The molecule has 138 valence electrons. The number of amides is 1. The number of halogens is 3. The molecule has 0 spiro atoms. The SMILES string of the molecule is CCC(CC)(CN)C(=O)N1CCN(c2ccc(Cl)cc2)CC1.Cl.Cl. The van der Waals surface area contributed by atoms with Crippen molar-refractivity contribution in [2.75, 3.05) is 37.6 Å². The van der Waals surface area contributed by atoms with E-state index in [0.717, 1.165) is 49.7 Å². The molecule has 0 radical (unpaired) electrons. The third kappa shape index (κ3) is 4.92. The van der Waals surface area contributed by atoms with Gasteiger partial charge in [0.2, 0.25) is 5.91 Å². The van der Waals surface area contributed by atoms with Gasteiger partial charge in [-0.05, 0) is 37.1 Å². The molecule has 0 unspecified atom stereocenters. The average molecular weight is 397 g/mol. The van der Waals surface area contributed by atoms with Gasteiger partial charge in [0.05, 0.1) is 5.41 Å². The third-order valence-corrected chi connectivity index (χ3v) is 5.21. The molecule has 0 aliphatic carbocycles. The second kappa shape index (κ2) is 10.3. The largest absolute Gasteiger partial charge is 0.368 e. The number of hydrogen-bond acceptors (Lipinski definition) is 3. The van der Waals surface area contributed by atoms with Crippen LogP contribution >= 0.6 is 36.4 Å². The van der Waals surface area contributed by atoms with Crippen LogP contribution in [0.5, 0.6) is 0 Å². The standard InChI is InChI=1S/C17H26ClN3O.2ClH/c1-3-17(4-2,13-19)16(22)21-11-9-20(10-12-21)15-7-5-14(18)6-8-15;;/h5-8H,3-4,9-13,19H2,1-2H3;2*1H. The molecule has 0 atom stereocenters. The predicted octanol–water partition coefficient (Wildman–Crippen LogP) is 3.60. The highest BCUT2D eigenvalue weighted by molar-refractivity contribution is 6.30. The summed E-state index contributed by atoms with van der Waals surface area (Å²) in [7, 11) is 0. The molecule has 1 aliphatic heterocycles. The second-order valence-corrected chi connectivity index (χ2v) is 6.38. The summed E-state index contributed by atoms with van der Waals surface area (Å²) in [6.45, 7) is 7.74. The number of hydrogen-bond donors (Lipinski definition) is 1.